The van der Waals surface area contributed by atoms with Gasteiger partial charge in [-0.05, 0) is 11.8 Å². The van der Waals surface area contributed by atoms with Crippen molar-refractivity contribution in [1.29, 1.82) is 0 Å². The second kappa shape index (κ2) is 5.11. The molecule has 2 aromatic heterocycles. The van der Waals surface area contributed by atoms with Crippen molar-refractivity contribution in [3.8, 4) is 0 Å². The van der Waals surface area contributed by atoms with Crippen LogP contribution in [0.1, 0.15) is 24.7 Å². The Bertz CT molecular complexity index is 461. The maximum Gasteiger partial charge on any atom is 0.234 e. The molecule has 0 saturated carbocycles. The highest BCUT2D eigenvalue weighted by atomic mass is 32.2. The number of hydrogen-bond acceptors (Lipinski definition) is 6. The second-order valence-electron chi connectivity index (χ2n) is 3.70. The van der Waals surface area contributed by atoms with E-state index in [9.17, 15) is 0 Å². The van der Waals surface area contributed by atoms with Crippen LogP contribution in [-0.4, -0.2) is 31.6 Å². The van der Waals surface area contributed by atoms with Gasteiger partial charge in [-0.1, -0.05) is 25.2 Å². The summed E-state index contributed by atoms with van der Waals surface area (Å²) in [4.78, 5) is 0.864. The average molecular weight is 257 g/mol. The van der Waals surface area contributed by atoms with Crippen LogP contribution < -0.4 is 5.73 Å². The van der Waals surface area contributed by atoms with Gasteiger partial charge in [-0.2, -0.15) is 21.4 Å². The van der Waals surface area contributed by atoms with Crippen molar-refractivity contribution in [2.24, 2.45) is 5.73 Å². The zero-order valence-corrected chi connectivity index (χ0v) is 11.0. The van der Waals surface area contributed by atoms with Crippen molar-refractivity contribution >= 4 is 28.1 Å². The van der Waals surface area contributed by atoms with Crippen molar-refractivity contribution < 1.29 is 0 Å². The van der Waals surface area contributed by atoms with E-state index in [0.717, 1.165) is 28.0 Å². The third kappa shape index (κ3) is 2.53. The number of nitrogens with two attached hydrogens (primary N) is 1. The summed E-state index contributed by atoms with van der Waals surface area (Å²) in [6.45, 7) is 4.97. The first-order valence-corrected chi connectivity index (χ1v) is 7.09. The molecule has 0 aliphatic rings. The maximum absolute atomic E-state index is 5.50. The average Bonchev–Trinajstić information content (AvgIpc) is 2.75. The van der Waals surface area contributed by atoms with Gasteiger partial charge in [0.2, 0.25) is 4.96 Å². The molecule has 0 bridgehead atoms. The summed E-state index contributed by atoms with van der Waals surface area (Å²) < 4.78 is 1.84. The van der Waals surface area contributed by atoms with Crippen LogP contribution in [0.5, 0.6) is 0 Å². The van der Waals surface area contributed by atoms with Crippen LogP contribution in [0.15, 0.2) is 0 Å². The molecule has 0 fully saturated rings. The normalized spacial score (nSPS) is 11.8. The molecule has 0 aromatic carbocycles. The second-order valence-corrected chi connectivity index (χ2v) is 6.31. The third-order valence-corrected chi connectivity index (χ3v) is 4.05. The van der Waals surface area contributed by atoms with Gasteiger partial charge in [-0.3, -0.25) is 0 Å². The van der Waals surface area contributed by atoms with Crippen LogP contribution in [-0.2, 0) is 12.2 Å². The quantitative estimate of drug-likeness (QED) is 0.875. The van der Waals surface area contributed by atoms with Crippen molar-refractivity contribution in [2.45, 2.75) is 31.3 Å². The fourth-order valence-corrected chi connectivity index (χ4v) is 2.78. The van der Waals surface area contributed by atoms with Gasteiger partial charge in [0.05, 0.1) is 5.75 Å². The minimum Gasteiger partial charge on any atom is -0.330 e. The van der Waals surface area contributed by atoms with E-state index in [1.807, 2.05) is 16.3 Å². The van der Waals surface area contributed by atoms with E-state index in [-0.39, 0.29) is 0 Å². The molecule has 2 heterocycles. The fourth-order valence-electron chi connectivity index (χ4n) is 1.25. The number of rotatable bonds is 5. The highest BCUT2D eigenvalue weighted by Crippen LogP contribution is 2.19. The Kier molecular flexibility index (Phi) is 3.78. The Morgan fingerprint density at radius 3 is 2.94 bits per heavy atom. The lowest BCUT2D eigenvalue weighted by molar-refractivity contribution is 0.831. The van der Waals surface area contributed by atoms with Crippen LogP contribution in [0.4, 0.5) is 0 Å². The topological polar surface area (TPSA) is 69.1 Å². The van der Waals surface area contributed by atoms with Gasteiger partial charge in [0, 0.05) is 6.42 Å². The van der Waals surface area contributed by atoms with Crippen LogP contribution >= 0.6 is 23.1 Å². The van der Waals surface area contributed by atoms with E-state index < -0.39 is 0 Å². The molecule has 0 saturated heterocycles. The molecule has 0 radical (unpaired) electrons. The Labute approximate surface area is 102 Å². The van der Waals surface area contributed by atoms with Crippen LogP contribution in [0.2, 0.25) is 0 Å². The first-order chi connectivity index (χ1) is 7.70. The SMILES string of the molecule is CC(C)SCc1nnc2sc(CCN)nn12. The van der Waals surface area contributed by atoms with E-state index in [1.54, 1.807) is 11.3 Å². The van der Waals surface area contributed by atoms with Gasteiger partial charge in [0.1, 0.15) is 5.01 Å². The molecule has 5 nitrogen and oxygen atoms in total. The van der Waals surface area contributed by atoms with Gasteiger partial charge in [0.15, 0.2) is 5.82 Å². The van der Waals surface area contributed by atoms with Gasteiger partial charge in [-0.15, -0.1) is 10.2 Å². The molecule has 0 spiro atoms. The Hall–Kier alpha value is -0.660. The molecule has 2 N–H and O–H groups in total. The zero-order valence-electron chi connectivity index (χ0n) is 9.38. The zero-order chi connectivity index (χ0) is 11.5. The fraction of sp³-hybridized carbons (Fsp3) is 0.667. The first-order valence-electron chi connectivity index (χ1n) is 5.22. The van der Waals surface area contributed by atoms with E-state index in [4.69, 9.17) is 5.73 Å². The molecule has 2 rings (SSSR count). The molecule has 0 unspecified atom stereocenters. The Morgan fingerprint density at radius 2 is 2.25 bits per heavy atom. The monoisotopic (exact) mass is 257 g/mol. The summed E-state index contributed by atoms with van der Waals surface area (Å²) >= 11 is 3.41. The third-order valence-electron chi connectivity index (χ3n) is 2.00. The van der Waals surface area contributed by atoms with Gasteiger partial charge < -0.3 is 5.73 Å². The summed E-state index contributed by atoms with van der Waals surface area (Å²) in [6.07, 6.45) is 0.810. The Morgan fingerprint density at radius 1 is 1.44 bits per heavy atom. The molecule has 0 aliphatic heterocycles. The Balaban J connectivity index is 2.18. The van der Waals surface area contributed by atoms with Crippen molar-refractivity contribution in [3.05, 3.63) is 10.8 Å². The number of thioether (sulfide) groups is 1. The number of hydrogen-bond donors (Lipinski definition) is 1. The minimum atomic E-state index is 0.592. The van der Waals surface area contributed by atoms with Crippen LogP contribution in [0.3, 0.4) is 0 Å². The van der Waals surface area contributed by atoms with Gasteiger partial charge in [0.25, 0.3) is 0 Å². The van der Waals surface area contributed by atoms with E-state index in [0.29, 0.717) is 11.8 Å². The largest absolute Gasteiger partial charge is 0.330 e. The standard InChI is InChI=1S/C9H15N5S2/c1-6(2)15-5-7-11-12-9-14(7)13-8(16-9)3-4-10/h6H,3-5,10H2,1-2H3. The summed E-state index contributed by atoms with van der Waals surface area (Å²) in [5.74, 6) is 1.78. The number of aromatic nitrogens is 4. The predicted octanol–water partition coefficient (Wildman–Crippen LogP) is 1.33. The van der Waals surface area contributed by atoms with Crippen LogP contribution in [0.25, 0.3) is 4.96 Å². The highest BCUT2D eigenvalue weighted by molar-refractivity contribution is 7.99. The van der Waals surface area contributed by atoms with Gasteiger partial charge in [-0.25, -0.2) is 0 Å². The molecular weight excluding hydrogens is 242 g/mol. The predicted molar refractivity (Wildman–Crippen MR) is 67.8 cm³/mol. The lowest BCUT2D eigenvalue weighted by Gasteiger charge is -2.00. The molecule has 0 aliphatic carbocycles. The molecular formula is C9H15N5S2. The van der Waals surface area contributed by atoms with E-state index in [1.165, 1.54) is 0 Å². The molecule has 7 heteroatoms. The lowest BCUT2D eigenvalue weighted by Crippen LogP contribution is -2.03. The summed E-state index contributed by atoms with van der Waals surface area (Å²) in [5.41, 5.74) is 5.50. The molecule has 0 atom stereocenters. The van der Waals surface area contributed by atoms with Gasteiger partial charge >= 0.3 is 0 Å². The molecule has 16 heavy (non-hydrogen) atoms. The van der Waals surface area contributed by atoms with Crippen LogP contribution in [0, 0.1) is 0 Å². The lowest BCUT2D eigenvalue weighted by atomic mass is 10.5. The van der Waals surface area contributed by atoms with E-state index >= 15 is 0 Å². The number of nitrogens with zero attached hydrogens (tertiary/aromatic N) is 4. The molecule has 88 valence electrons. The summed E-state index contributed by atoms with van der Waals surface area (Å²) in [7, 11) is 0. The molecule has 0 amide bonds. The highest BCUT2D eigenvalue weighted by Gasteiger charge is 2.11. The summed E-state index contributed by atoms with van der Waals surface area (Å²) in [6, 6.07) is 0. The minimum absolute atomic E-state index is 0.592. The van der Waals surface area contributed by atoms with Crippen molar-refractivity contribution in [3.63, 3.8) is 0 Å². The molecule has 2 aromatic rings. The maximum atomic E-state index is 5.50. The van der Waals surface area contributed by atoms with E-state index in [2.05, 4.69) is 29.1 Å². The first kappa shape index (κ1) is 11.8. The summed E-state index contributed by atoms with van der Waals surface area (Å²) in [5, 5.41) is 14.3. The number of fused-ring (bicyclic) bond motifs is 1. The smallest absolute Gasteiger partial charge is 0.234 e. The van der Waals surface area contributed by atoms with Crippen molar-refractivity contribution in [1.82, 2.24) is 19.8 Å². The van der Waals surface area contributed by atoms with Crippen molar-refractivity contribution in [2.75, 3.05) is 6.54 Å².